The molecule has 1 nitrogen and oxygen atoms in total. The lowest BCUT2D eigenvalue weighted by molar-refractivity contribution is 0.311. The van der Waals surface area contributed by atoms with Crippen LogP contribution in [-0.4, -0.2) is 12.1 Å². The highest BCUT2D eigenvalue weighted by Gasteiger charge is 2.16. The molecule has 0 aromatic heterocycles. The van der Waals surface area contributed by atoms with Crippen molar-refractivity contribution < 1.29 is 0 Å². The Morgan fingerprint density at radius 1 is 1.29 bits per heavy atom. The molecule has 0 aromatic rings. The van der Waals surface area contributed by atoms with E-state index in [-0.39, 0.29) is 12.4 Å². The third-order valence-electron chi connectivity index (χ3n) is 3.04. The zero-order valence-corrected chi connectivity index (χ0v) is 10.7. The van der Waals surface area contributed by atoms with Crippen LogP contribution in [-0.2, 0) is 0 Å². The summed E-state index contributed by atoms with van der Waals surface area (Å²) < 4.78 is 0. The van der Waals surface area contributed by atoms with E-state index in [4.69, 9.17) is 0 Å². The Morgan fingerprint density at radius 2 is 2.00 bits per heavy atom. The molecule has 0 amide bonds. The van der Waals surface area contributed by atoms with Crippen molar-refractivity contribution in [3.63, 3.8) is 0 Å². The molecule has 1 aliphatic heterocycles. The van der Waals surface area contributed by atoms with Crippen molar-refractivity contribution in [3.8, 4) is 0 Å². The van der Waals surface area contributed by atoms with Gasteiger partial charge in [0.25, 0.3) is 0 Å². The first kappa shape index (κ1) is 14.2. The zero-order valence-electron chi connectivity index (χ0n) is 9.88. The van der Waals surface area contributed by atoms with Crippen LogP contribution in [0.1, 0.15) is 59.3 Å². The quantitative estimate of drug-likeness (QED) is 0.759. The standard InChI is InChI=1S/C12H25N.ClH/c1-10(2)6-4-8-12-9-5-7-11(3)13-12;/h10-13H,4-9H2,1-3H3;1H/t11-,12-;/m1./s1. The lowest BCUT2D eigenvalue weighted by Crippen LogP contribution is -2.40. The maximum absolute atomic E-state index is 3.69. The lowest BCUT2D eigenvalue weighted by atomic mass is 9.94. The summed E-state index contributed by atoms with van der Waals surface area (Å²) in [5, 5.41) is 3.69. The molecule has 2 heteroatoms. The van der Waals surface area contributed by atoms with Gasteiger partial charge in [-0.25, -0.2) is 0 Å². The van der Waals surface area contributed by atoms with E-state index in [1.54, 1.807) is 0 Å². The zero-order chi connectivity index (χ0) is 9.68. The molecule has 1 fully saturated rings. The van der Waals surface area contributed by atoms with Crippen molar-refractivity contribution in [1.82, 2.24) is 5.32 Å². The highest BCUT2D eigenvalue weighted by molar-refractivity contribution is 5.85. The van der Waals surface area contributed by atoms with Crippen molar-refractivity contribution in [2.75, 3.05) is 0 Å². The smallest absolute Gasteiger partial charge is 0.00695 e. The molecule has 86 valence electrons. The first-order chi connectivity index (χ1) is 6.18. The molecule has 0 bridgehead atoms. The van der Waals surface area contributed by atoms with Crippen molar-refractivity contribution in [2.24, 2.45) is 5.92 Å². The molecular formula is C12H26ClN. The molecule has 0 aliphatic carbocycles. The van der Waals surface area contributed by atoms with Crippen molar-refractivity contribution in [3.05, 3.63) is 0 Å². The summed E-state index contributed by atoms with van der Waals surface area (Å²) in [4.78, 5) is 0. The summed E-state index contributed by atoms with van der Waals surface area (Å²) in [6, 6.07) is 1.58. The molecule has 1 N–H and O–H groups in total. The van der Waals surface area contributed by atoms with Crippen molar-refractivity contribution >= 4 is 12.4 Å². The monoisotopic (exact) mass is 219 g/mol. The number of halogens is 1. The van der Waals surface area contributed by atoms with Crippen molar-refractivity contribution in [2.45, 2.75) is 71.4 Å². The van der Waals surface area contributed by atoms with Gasteiger partial charge in [-0.2, -0.15) is 0 Å². The Bertz CT molecular complexity index is 136. The summed E-state index contributed by atoms with van der Waals surface area (Å²) in [5.41, 5.74) is 0. The van der Waals surface area contributed by atoms with Gasteiger partial charge in [-0.05, 0) is 32.1 Å². The van der Waals surface area contributed by atoms with E-state index in [0.29, 0.717) is 0 Å². The molecule has 0 spiro atoms. The molecule has 0 unspecified atom stereocenters. The average molecular weight is 220 g/mol. The third-order valence-corrected chi connectivity index (χ3v) is 3.04. The Hall–Kier alpha value is 0.250. The second-order valence-corrected chi connectivity index (χ2v) is 5.02. The molecule has 1 rings (SSSR count). The Morgan fingerprint density at radius 3 is 2.57 bits per heavy atom. The Balaban J connectivity index is 0.00000169. The largest absolute Gasteiger partial charge is 0.312 e. The van der Waals surface area contributed by atoms with Gasteiger partial charge in [0.05, 0.1) is 0 Å². The number of nitrogens with one attached hydrogen (secondary N) is 1. The highest BCUT2D eigenvalue weighted by atomic mass is 35.5. The summed E-state index contributed by atoms with van der Waals surface area (Å²) in [6.45, 7) is 6.95. The first-order valence-corrected chi connectivity index (χ1v) is 5.94. The summed E-state index contributed by atoms with van der Waals surface area (Å²) >= 11 is 0. The first-order valence-electron chi connectivity index (χ1n) is 5.94. The van der Waals surface area contributed by atoms with Crippen LogP contribution in [0.2, 0.25) is 0 Å². The van der Waals surface area contributed by atoms with Crippen LogP contribution < -0.4 is 5.32 Å². The van der Waals surface area contributed by atoms with E-state index in [0.717, 1.165) is 18.0 Å². The van der Waals surface area contributed by atoms with Gasteiger partial charge in [-0.1, -0.05) is 33.1 Å². The van der Waals surface area contributed by atoms with Gasteiger partial charge in [-0.15, -0.1) is 12.4 Å². The molecule has 0 saturated carbocycles. The molecule has 1 saturated heterocycles. The van der Waals surface area contributed by atoms with Gasteiger partial charge in [0.15, 0.2) is 0 Å². The van der Waals surface area contributed by atoms with E-state index in [1.807, 2.05) is 0 Å². The van der Waals surface area contributed by atoms with Gasteiger partial charge >= 0.3 is 0 Å². The van der Waals surface area contributed by atoms with Crippen LogP contribution in [0.5, 0.6) is 0 Å². The van der Waals surface area contributed by atoms with Crippen LogP contribution in [0.4, 0.5) is 0 Å². The number of hydrogen-bond donors (Lipinski definition) is 1. The van der Waals surface area contributed by atoms with Crippen LogP contribution in [0.15, 0.2) is 0 Å². The summed E-state index contributed by atoms with van der Waals surface area (Å²) in [6.07, 6.45) is 8.40. The topological polar surface area (TPSA) is 12.0 Å². The molecule has 1 aliphatic rings. The van der Waals surface area contributed by atoms with Gasteiger partial charge in [0.2, 0.25) is 0 Å². The van der Waals surface area contributed by atoms with E-state index < -0.39 is 0 Å². The maximum atomic E-state index is 3.69. The lowest BCUT2D eigenvalue weighted by Gasteiger charge is -2.28. The van der Waals surface area contributed by atoms with Crippen LogP contribution in [0.3, 0.4) is 0 Å². The van der Waals surface area contributed by atoms with E-state index in [1.165, 1.54) is 38.5 Å². The van der Waals surface area contributed by atoms with E-state index >= 15 is 0 Å². The summed E-state index contributed by atoms with van der Waals surface area (Å²) in [5.74, 6) is 0.876. The minimum atomic E-state index is 0. The summed E-state index contributed by atoms with van der Waals surface area (Å²) in [7, 11) is 0. The van der Waals surface area contributed by atoms with E-state index in [9.17, 15) is 0 Å². The van der Waals surface area contributed by atoms with Gasteiger partial charge in [0, 0.05) is 12.1 Å². The third kappa shape index (κ3) is 5.87. The molecule has 14 heavy (non-hydrogen) atoms. The van der Waals surface area contributed by atoms with E-state index in [2.05, 4.69) is 26.1 Å². The van der Waals surface area contributed by atoms with Crippen LogP contribution in [0.25, 0.3) is 0 Å². The fourth-order valence-electron chi connectivity index (χ4n) is 2.24. The molecule has 2 atom stereocenters. The highest BCUT2D eigenvalue weighted by Crippen LogP contribution is 2.17. The normalized spacial score (nSPS) is 27.4. The molecule has 1 heterocycles. The van der Waals surface area contributed by atoms with Crippen molar-refractivity contribution in [1.29, 1.82) is 0 Å². The second-order valence-electron chi connectivity index (χ2n) is 5.02. The van der Waals surface area contributed by atoms with Crippen LogP contribution in [0, 0.1) is 5.92 Å². The predicted octanol–water partition coefficient (Wildman–Crippen LogP) is 3.77. The van der Waals surface area contributed by atoms with Crippen LogP contribution >= 0.6 is 12.4 Å². The van der Waals surface area contributed by atoms with Gasteiger partial charge < -0.3 is 5.32 Å². The number of piperidine rings is 1. The van der Waals surface area contributed by atoms with Gasteiger partial charge in [0.1, 0.15) is 0 Å². The maximum Gasteiger partial charge on any atom is 0.00695 e. The fourth-order valence-corrected chi connectivity index (χ4v) is 2.24. The second kappa shape index (κ2) is 7.53. The molecular weight excluding hydrogens is 194 g/mol. The fraction of sp³-hybridized carbons (Fsp3) is 1.00. The SMILES string of the molecule is CC(C)CCC[C@@H]1CCC[C@@H](C)N1.Cl. The number of rotatable bonds is 4. The Kier molecular flexibility index (Phi) is 7.66. The average Bonchev–Trinajstić information content (AvgIpc) is 2.03. The number of hydrogen-bond acceptors (Lipinski definition) is 1. The van der Waals surface area contributed by atoms with Gasteiger partial charge in [-0.3, -0.25) is 0 Å². The Labute approximate surface area is 95.5 Å². The minimum Gasteiger partial charge on any atom is -0.312 e. The molecule has 0 radical (unpaired) electrons. The predicted molar refractivity (Wildman–Crippen MR) is 66.2 cm³/mol. The minimum absolute atomic E-state index is 0. The molecule has 0 aromatic carbocycles.